The summed E-state index contributed by atoms with van der Waals surface area (Å²) >= 11 is 0. The van der Waals surface area contributed by atoms with Crippen molar-refractivity contribution in [2.24, 2.45) is 0 Å². The number of aromatic nitrogens is 1. The lowest BCUT2D eigenvalue weighted by Gasteiger charge is -2.37. The minimum Gasteiger partial charge on any atom is -0.493 e. The van der Waals surface area contributed by atoms with E-state index in [2.05, 4.69) is 51.3 Å². The van der Waals surface area contributed by atoms with Crippen molar-refractivity contribution in [3.63, 3.8) is 0 Å². The number of aromatic amines is 1. The standard InChI is InChI=1S/C24H31N3O/c1-2-9-22-20(7-1)19(18-25-22)6-4-12-26-13-15-27(16-14-26)23-10-3-11-24-21(23)8-5-17-28-24/h1,3,7,10-11,18,25H,2,4-6,8-9,12-17H2. The van der Waals surface area contributed by atoms with Crippen LogP contribution in [0.25, 0.3) is 6.08 Å². The zero-order chi connectivity index (χ0) is 18.8. The molecule has 0 atom stereocenters. The third kappa shape index (κ3) is 3.58. The Morgan fingerprint density at radius 3 is 2.93 bits per heavy atom. The van der Waals surface area contributed by atoms with Gasteiger partial charge in [0, 0.05) is 49.3 Å². The van der Waals surface area contributed by atoms with Crippen molar-refractivity contribution in [3.8, 4) is 5.75 Å². The molecule has 0 radical (unpaired) electrons. The van der Waals surface area contributed by atoms with Gasteiger partial charge in [0.05, 0.1) is 6.61 Å². The van der Waals surface area contributed by atoms with Gasteiger partial charge in [-0.3, -0.25) is 4.90 Å². The van der Waals surface area contributed by atoms with Gasteiger partial charge in [-0.15, -0.1) is 0 Å². The van der Waals surface area contributed by atoms with Crippen molar-refractivity contribution in [1.82, 2.24) is 9.88 Å². The zero-order valence-electron chi connectivity index (χ0n) is 16.8. The molecule has 4 heteroatoms. The van der Waals surface area contributed by atoms with Gasteiger partial charge in [-0.1, -0.05) is 18.2 Å². The first-order chi connectivity index (χ1) is 13.9. The van der Waals surface area contributed by atoms with E-state index in [4.69, 9.17) is 4.74 Å². The minimum absolute atomic E-state index is 0.865. The highest BCUT2D eigenvalue weighted by molar-refractivity contribution is 5.60. The summed E-state index contributed by atoms with van der Waals surface area (Å²) < 4.78 is 5.86. The first-order valence-corrected chi connectivity index (χ1v) is 11.0. The average molecular weight is 378 g/mol. The molecule has 0 saturated carbocycles. The van der Waals surface area contributed by atoms with Crippen LogP contribution >= 0.6 is 0 Å². The molecule has 3 heterocycles. The molecule has 0 amide bonds. The van der Waals surface area contributed by atoms with Crippen molar-refractivity contribution in [2.75, 3.05) is 44.2 Å². The Balaban J connectivity index is 1.13. The molecule has 1 saturated heterocycles. The van der Waals surface area contributed by atoms with Crippen LogP contribution in [0.4, 0.5) is 5.69 Å². The van der Waals surface area contributed by atoms with Gasteiger partial charge < -0.3 is 14.6 Å². The fraction of sp³-hybridized carbons (Fsp3) is 0.500. The summed E-state index contributed by atoms with van der Waals surface area (Å²) in [6.07, 6.45) is 13.9. The first-order valence-electron chi connectivity index (χ1n) is 11.0. The summed E-state index contributed by atoms with van der Waals surface area (Å²) in [7, 11) is 0. The third-order valence-electron chi connectivity index (χ3n) is 6.51. The smallest absolute Gasteiger partial charge is 0.124 e. The van der Waals surface area contributed by atoms with Crippen molar-refractivity contribution < 1.29 is 4.74 Å². The summed E-state index contributed by atoms with van der Waals surface area (Å²) in [6.45, 7) is 6.64. The number of nitrogens with one attached hydrogen (secondary N) is 1. The second-order valence-electron chi connectivity index (χ2n) is 8.29. The molecule has 2 aromatic rings. The van der Waals surface area contributed by atoms with E-state index in [1.165, 1.54) is 60.3 Å². The molecule has 148 valence electrons. The monoisotopic (exact) mass is 377 g/mol. The minimum atomic E-state index is 0.865. The summed E-state index contributed by atoms with van der Waals surface area (Å²) in [5.74, 6) is 1.11. The molecule has 0 bridgehead atoms. The highest BCUT2D eigenvalue weighted by Gasteiger charge is 2.22. The first kappa shape index (κ1) is 17.9. The summed E-state index contributed by atoms with van der Waals surface area (Å²) in [5, 5.41) is 0. The number of allylic oxidation sites excluding steroid dienone is 1. The number of benzene rings is 1. The second-order valence-corrected chi connectivity index (χ2v) is 8.29. The fourth-order valence-corrected chi connectivity index (χ4v) is 4.95. The number of aryl methyl sites for hydroxylation is 2. The van der Waals surface area contributed by atoms with Gasteiger partial charge in [-0.25, -0.2) is 0 Å². The number of ether oxygens (including phenoxy) is 1. The Morgan fingerprint density at radius 2 is 2.00 bits per heavy atom. The maximum Gasteiger partial charge on any atom is 0.124 e. The van der Waals surface area contributed by atoms with Crippen LogP contribution in [0.1, 0.15) is 41.6 Å². The van der Waals surface area contributed by atoms with Crippen LogP contribution in [0.15, 0.2) is 30.5 Å². The second kappa shape index (κ2) is 8.04. The molecule has 28 heavy (non-hydrogen) atoms. The normalized spacial score (nSPS) is 19.2. The predicted octanol–water partition coefficient (Wildman–Crippen LogP) is 4.05. The summed E-state index contributed by atoms with van der Waals surface area (Å²) in [4.78, 5) is 8.68. The number of fused-ring (bicyclic) bond motifs is 2. The number of rotatable bonds is 5. The maximum atomic E-state index is 5.86. The molecule has 3 aliphatic rings. The van der Waals surface area contributed by atoms with Crippen LogP contribution in [0.5, 0.6) is 5.75 Å². The molecule has 0 unspecified atom stereocenters. The summed E-state index contributed by atoms with van der Waals surface area (Å²) in [5.41, 5.74) is 7.23. The number of hydrogen-bond donors (Lipinski definition) is 1. The van der Waals surface area contributed by atoms with E-state index in [1.54, 1.807) is 0 Å². The van der Waals surface area contributed by atoms with Gasteiger partial charge in [0.1, 0.15) is 5.75 Å². The van der Waals surface area contributed by atoms with E-state index >= 15 is 0 Å². The Bertz CT molecular complexity index is 846. The van der Waals surface area contributed by atoms with E-state index < -0.39 is 0 Å². The Hall–Kier alpha value is -2.20. The lowest BCUT2D eigenvalue weighted by Crippen LogP contribution is -2.47. The van der Waals surface area contributed by atoms with Crippen LogP contribution in [0.2, 0.25) is 0 Å². The quantitative estimate of drug-likeness (QED) is 0.853. The molecular formula is C24H31N3O. The van der Waals surface area contributed by atoms with Crippen LogP contribution in [0.3, 0.4) is 0 Å². The van der Waals surface area contributed by atoms with E-state index in [-0.39, 0.29) is 0 Å². The highest BCUT2D eigenvalue weighted by atomic mass is 16.5. The Morgan fingerprint density at radius 1 is 1.07 bits per heavy atom. The van der Waals surface area contributed by atoms with Gasteiger partial charge in [0.2, 0.25) is 0 Å². The van der Waals surface area contributed by atoms with Crippen LogP contribution in [0, 0.1) is 0 Å². The van der Waals surface area contributed by atoms with Gasteiger partial charge in [0.25, 0.3) is 0 Å². The van der Waals surface area contributed by atoms with Crippen molar-refractivity contribution in [1.29, 1.82) is 0 Å². The van der Waals surface area contributed by atoms with E-state index in [1.807, 2.05) is 0 Å². The maximum absolute atomic E-state index is 5.86. The van der Waals surface area contributed by atoms with Crippen LogP contribution < -0.4 is 9.64 Å². The molecule has 5 rings (SSSR count). The molecule has 4 nitrogen and oxygen atoms in total. The Kier molecular flexibility index (Phi) is 5.13. The van der Waals surface area contributed by atoms with Crippen molar-refractivity contribution >= 4 is 11.8 Å². The molecule has 1 aliphatic carbocycles. The highest BCUT2D eigenvalue weighted by Crippen LogP contribution is 2.34. The lowest BCUT2D eigenvalue weighted by atomic mass is 9.99. The zero-order valence-corrected chi connectivity index (χ0v) is 16.8. The molecule has 0 spiro atoms. The number of hydrogen-bond acceptors (Lipinski definition) is 3. The van der Waals surface area contributed by atoms with E-state index in [0.29, 0.717) is 0 Å². The number of H-pyrrole nitrogens is 1. The fourth-order valence-electron chi connectivity index (χ4n) is 4.95. The van der Waals surface area contributed by atoms with E-state index in [0.717, 1.165) is 51.4 Å². The van der Waals surface area contributed by atoms with Gasteiger partial charge in [0.15, 0.2) is 0 Å². The van der Waals surface area contributed by atoms with Crippen LogP contribution in [-0.2, 0) is 19.3 Å². The van der Waals surface area contributed by atoms with E-state index in [9.17, 15) is 0 Å². The third-order valence-corrected chi connectivity index (χ3v) is 6.51. The van der Waals surface area contributed by atoms with Gasteiger partial charge in [-0.2, -0.15) is 0 Å². The molecule has 1 aromatic carbocycles. The molecule has 1 N–H and O–H groups in total. The SMILES string of the molecule is C1=Cc2c(CCCN3CCN(c4cccc5c4CCCO5)CC3)c[nH]c2CC1. The number of anilines is 1. The van der Waals surface area contributed by atoms with Gasteiger partial charge >= 0.3 is 0 Å². The molecule has 1 fully saturated rings. The largest absolute Gasteiger partial charge is 0.493 e. The average Bonchev–Trinajstić information content (AvgIpc) is 3.17. The van der Waals surface area contributed by atoms with Crippen molar-refractivity contribution in [3.05, 3.63) is 52.9 Å². The van der Waals surface area contributed by atoms with Gasteiger partial charge in [-0.05, 0) is 68.3 Å². The number of nitrogens with zero attached hydrogens (tertiary/aromatic N) is 2. The lowest BCUT2D eigenvalue weighted by molar-refractivity contribution is 0.254. The molecule has 2 aliphatic heterocycles. The topological polar surface area (TPSA) is 31.5 Å². The van der Waals surface area contributed by atoms with Crippen molar-refractivity contribution in [2.45, 2.75) is 38.5 Å². The Labute approximate surface area is 168 Å². The molecular weight excluding hydrogens is 346 g/mol. The summed E-state index contributed by atoms with van der Waals surface area (Å²) in [6, 6.07) is 6.56. The number of piperazine rings is 1. The molecule has 1 aromatic heterocycles. The van der Waals surface area contributed by atoms with Crippen LogP contribution in [-0.4, -0.2) is 49.2 Å². The predicted molar refractivity (Wildman–Crippen MR) is 115 cm³/mol.